The van der Waals surface area contributed by atoms with Crippen LogP contribution in [0.5, 0.6) is 0 Å². The number of benzene rings is 18. The molecule has 2 N–H and O–H groups in total. The van der Waals surface area contributed by atoms with E-state index in [4.69, 9.17) is 0 Å². The highest BCUT2D eigenvalue weighted by Gasteiger charge is 2.26. The first-order chi connectivity index (χ1) is 57.4. The van der Waals surface area contributed by atoms with E-state index in [9.17, 15) is 30.3 Å². The van der Waals surface area contributed by atoms with Crippen molar-refractivity contribution >= 4 is 191 Å². The molecule has 0 unspecified atom stereocenters. The van der Waals surface area contributed by atoms with E-state index in [1.165, 1.54) is 143 Å². The van der Waals surface area contributed by atoms with Crippen molar-refractivity contribution < 1.29 is 19.9 Å². The van der Waals surface area contributed by atoms with Crippen LogP contribution in [0.2, 0.25) is 0 Å². The molecule has 0 atom stereocenters. The van der Waals surface area contributed by atoms with E-state index >= 15 is 0 Å². The maximum absolute atomic E-state index is 11.8. The molecule has 560 valence electrons. The van der Waals surface area contributed by atoms with Crippen molar-refractivity contribution in [3.8, 4) is 55.6 Å². The number of hydrogen-bond acceptors (Lipinski definition) is 9. The minimum Gasteiger partial charge on any atom is -0.423 e. The molecule has 0 aliphatic heterocycles. The fourth-order valence-electron chi connectivity index (χ4n) is 15.8. The molecule has 21 aromatic rings. The molecular formula is C103H69BBrN2O6PS3. The smallest absolute Gasteiger partial charge is 0.423 e. The number of rotatable bonds is 10. The lowest BCUT2D eigenvalue weighted by atomic mass is 9.77. The van der Waals surface area contributed by atoms with Crippen LogP contribution in [0, 0.1) is 20.2 Å². The number of hydrogen-bond donors (Lipinski definition) is 2. The maximum Gasteiger partial charge on any atom is 0.495 e. The van der Waals surface area contributed by atoms with Gasteiger partial charge in [-0.3, -0.25) is 20.2 Å². The molecule has 0 saturated heterocycles. The Bertz CT molecular complexity index is 7210. The van der Waals surface area contributed by atoms with Crippen LogP contribution in [0.3, 0.4) is 0 Å². The van der Waals surface area contributed by atoms with Crippen LogP contribution in [-0.4, -0.2) is 27.0 Å². The van der Waals surface area contributed by atoms with Crippen molar-refractivity contribution in [3.63, 3.8) is 0 Å². The second-order valence-corrected chi connectivity index (χ2v) is 34.8. The van der Waals surface area contributed by atoms with Gasteiger partial charge in [0.1, 0.15) is 0 Å². The van der Waals surface area contributed by atoms with Crippen LogP contribution in [0.1, 0.15) is 11.1 Å². The summed E-state index contributed by atoms with van der Waals surface area (Å²) < 4.78 is 9.12. The van der Waals surface area contributed by atoms with Crippen molar-refractivity contribution in [2.75, 3.05) is 0 Å². The van der Waals surface area contributed by atoms with Gasteiger partial charge in [0.25, 0.3) is 11.4 Å². The highest BCUT2D eigenvalue weighted by Crippen LogP contribution is 2.47. The molecule has 3 heterocycles. The minimum absolute atomic E-state index is 0.110. The zero-order valence-electron chi connectivity index (χ0n) is 62.8. The molecule has 117 heavy (non-hydrogen) atoms. The highest BCUT2D eigenvalue weighted by atomic mass is 79.9. The summed E-state index contributed by atoms with van der Waals surface area (Å²) in [5, 5.41) is 60.7. The third-order valence-electron chi connectivity index (χ3n) is 21.4. The summed E-state index contributed by atoms with van der Waals surface area (Å²) in [4.78, 5) is 21.7. The van der Waals surface area contributed by atoms with Crippen LogP contribution in [0.15, 0.2) is 399 Å². The topological polar surface area (TPSA) is 127 Å². The third kappa shape index (κ3) is 15.6. The van der Waals surface area contributed by atoms with Crippen LogP contribution in [0.25, 0.3) is 148 Å². The van der Waals surface area contributed by atoms with Crippen LogP contribution in [0.4, 0.5) is 11.4 Å². The second kappa shape index (κ2) is 33.5. The zero-order valence-corrected chi connectivity index (χ0v) is 67.7. The Morgan fingerprint density at radius 3 is 1.11 bits per heavy atom. The molecule has 22 rings (SSSR count). The van der Waals surface area contributed by atoms with Gasteiger partial charge >= 0.3 is 7.12 Å². The van der Waals surface area contributed by atoms with Gasteiger partial charge in [-0.25, -0.2) is 0 Å². The van der Waals surface area contributed by atoms with Gasteiger partial charge < -0.3 is 10.0 Å². The quantitative estimate of drug-likeness (QED) is 0.0608. The first kappa shape index (κ1) is 75.4. The van der Waals surface area contributed by atoms with Crippen LogP contribution in [-0.2, 0) is 6.42 Å². The Balaban J connectivity index is 0.000000103. The van der Waals surface area contributed by atoms with Gasteiger partial charge in [0.15, 0.2) is 0 Å². The summed E-state index contributed by atoms with van der Waals surface area (Å²) in [6.07, 6.45) is 1.03. The number of nitro benzene ring substituents is 2. The van der Waals surface area contributed by atoms with E-state index in [0.717, 1.165) is 43.9 Å². The van der Waals surface area contributed by atoms with E-state index in [2.05, 4.69) is 307 Å². The normalized spacial score (nSPS) is 11.4. The van der Waals surface area contributed by atoms with Crippen LogP contribution >= 0.6 is 57.9 Å². The Morgan fingerprint density at radius 2 is 0.650 bits per heavy atom. The van der Waals surface area contributed by atoms with Crippen molar-refractivity contribution in [3.05, 3.63) is 430 Å². The predicted molar refractivity (Wildman–Crippen MR) is 503 cm³/mol. The lowest BCUT2D eigenvalue weighted by Crippen LogP contribution is -2.32. The standard InChI is InChI=1S/C29H18S.C28H17NO2S.C18H15P.C16H9BrS.C12H10BNO4/c1-2-6-18(7-3-1)19-10-11-20-14-22-15-21-12-13-24-23-8-4-5-9-28(23)30-29(24)27(21)17-26(22)25(20)16-19;30-29(31)26-15-13-20(18-6-2-1-3-7-18)16-24(26)21-11-10-19-12-14-23-22-8-4-5-9-27(22)32-28(23)25(19)17-21;1-4-10-16(11-5-1)19(17-12-6-2-7-13-17)18-14-8-3-9-15-18;17-11-7-5-10-6-8-13-12-3-1-2-4-15(12)18-16(13)14(10)9-11;15-13(16)11-8-10(6-7-12(11)14(17)18)9-4-2-1-3-5-9/h1-13,15-17H,14H2;1-17H;1-15H;1-9H;1-8,15-16H. The number of halogens is 1. The van der Waals surface area contributed by atoms with Crippen LogP contribution < -0.4 is 21.4 Å². The molecule has 1 aliphatic carbocycles. The van der Waals surface area contributed by atoms with Crippen molar-refractivity contribution in [1.82, 2.24) is 0 Å². The number of thiophene rings is 3. The van der Waals surface area contributed by atoms with Gasteiger partial charge in [0.05, 0.1) is 20.9 Å². The molecule has 0 amide bonds. The average Bonchev–Trinajstić information content (AvgIpc) is 1.59. The van der Waals surface area contributed by atoms with Gasteiger partial charge in [0.2, 0.25) is 0 Å². The van der Waals surface area contributed by atoms with E-state index < -0.39 is 20.0 Å². The summed E-state index contributed by atoms with van der Waals surface area (Å²) >= 11 is 9.14. The maximum atomic E-state index is 11.8. The molecule has 18 aromatic carbocycles. The van der Waals surface area contributed by atoms with E-state index in [1.807, 2.05) is 102 Å². The number of nitrogens with zero attached hydrogens (tertiary/aromatic N) is 2. The van der Waals surface area contributed by atoms with Crippen molar-refractivity contribution in [2.24, 2.45) is 0 Å². The zero-order chi connectivity index (χ0) is 79.5. The van der Waals surface area contributed by atoms with Gasteiger partial charge in [0, 0.05) is 93.3 Å². The first-order valence-corrected chi connectivity index (χ1v) is 42.9. The van der Waals surface area contributed by atoms with Gasteiger partial charge in [-0.15, -0.1) is 34.0 Å². The van der Waals surface area contributed by atoms with E-state index in [1.54, 1.807) is 23.5 Å². The molecule has 3 aromatic heterocycles. The molecule has 0 radical (unpaired) electrons. The highest BCUT2D eigenvalue weighted by molar-refractivity contribution is 9.10. The molecule has 1 aliphatic rings. The SMILES string of the molecule is Brc1ccc2ccc3c4ccccc4sc3c2c1.O=[N+]([O-])c1ccc(-c2ccccc2)cc1-c1ccc2ccc3c4ccccc4sc3c2c1.O=[N+]([O-])c1ccc(-c2ccccc2)cc1B(O)O.c1ccc(-c2ccc3c(c2)-c2cc4c(ccc5c6ccccc6sc45)cc2C3)cc1.c1ccc(P(c2ccccc2)c2ccccc2)cc1. The monoisotopic (exact) mass is 1650 g/mol. The fourth-order valence-corrected chi connectivity index (χ4v) is 22.1. The molecular weight excluding hydrogens is 1580 g/mol. The lowest BCUT2D eigenvalue weighted by Gasteiger charge is -2.18. The van der Waals surface area contributed by atoms with Gasteiger partial charge in [-0.1, -0.05) is 325 Å². The molecule has 0 saturated carbocycles. The summed E-state index contributed by atoms with van der Waals surface area (Å²) in [7, 11) is -2.31. The van der Waals surface area contributed by atoms with Crippen molar-refractivity contribution in [2.45, 2.75) is 6.42 Å². The summed E-state index contributed by atoms with van der Waals surface area (Å²) in [6.45, 7) is 0. The Morgan fingerprint density at radius 1 is 0.291 bits per heavy atom. The Kier molecular flexibility index (Phi) is 21.6. The minimum atomic E-state index is -1.87. The Hall–Kier alpha value is -12.9. The van der Waals surface area contributed by atoms with Crippen molar-refractivity contribution in [1.29, 1.82) is 0 Å². The average molecular weight is 1650 g/mol. The van der Waals surface area contributed by atoms with E-state index in [-0.39, 0.29) is 21.8 Å². The second-order valence-electron chi connectivity index (χ2n) is 28.5. The third-order valence-corrected chi connectivity index (χ3v) is 28.0. The Labute approximate surface area is 697 Å². The molecule has 0 spiro atoms. The summed E-state index contributed by atoms with van der Waals surface area (Å²) in [6, 6.07) is 135. The first-order valence-electron chi connectivity index (χ1n) is 38.3. The largest absolute Gasteiger partial charge is 0.495 e. The molecule has 14 heteroatoms. The van der Waals surface area contributed by atoms with Gasteiger partial charge in [-0.05, 0) is 180 Å². The fraction of sp³-hybridized carbons (Fsp3) is 0.00971. The molecule has 0 fully saturated rings. The molecule has 0 bridgehead atoms. The predicted octanol–water partition coefficient (Wildman–Crippen LogP) is 27.3. The lowest BCUT2D eigenvalue weighted by molar-refractivity contribution is -0.384. The number of fused-ring (bicyclic) bond motifs is 18. The summed E-state index contributed by atoms with van der Waals surface area (Å²) in [5.41, 5.74) is 13.0. The summed E-state index contributed by atoms with van der Waals surface area (Å²) in [5.74, 6) is 0. The van der Waals surface area contributed by atoms with E-state index in [0.29, 0.717) is 11.1 Å². The number of nitro groups is 2. The van der Waals surface area contributed by atoms with Gasteiger partial charge in [-0.2, -0.15) is 0 Å². The molecule has 8 nitrogen and oxygen atoms in total.